The van der Waals surface area contributed by atoms with Crippen molar-refractivity contribution in [2.45, 2.75) is 26.3 Å². The van der Waals surface area contributed by atoms with Crippen LogP contribution in [0.25, 0.3) is 0 Å². The maximum atomic E-state index is 12.7. The van der Waals surface area contributed by atoms with Crippen LogP contribution in [0, 0.1) is 5.92 Å². The first-order valence-electron chi connectivity index (χ1n) is 9.21. The molecule has 1 N–H and O–H groups in total. The van der Waals surface area contributed by atoms with Crippen molar-refractivity contribution in [1.29, 1.82) is 0 Å². The number of urea groups is 1. The number of rotatable bonds is 4. The topological polar surface area (TPSA) is 71.1 Å². The summed E-state index contributed by atoms with van der Waals surface area (Å²) in [5, 5.41) is 3.00. The lowest BCUT2D eigenvalue weighted by atomic mass is 10.1. The van der Waals surface area contributed by atoms with Crippen molar-refractivity contribution >= 4 is 11.9 Å². The molecule has 2 aliphatic rings. The fraction of sp³-hybridized carbons (Fsp3) is 0.579. The third kappa shape index (κ3) is 4.03. The molecule has 0 saturated carbocycles. The highest BCUT2D eigenvalue weighted by molar-refractivity contribution is 5.79. The van der Waals surface area contributed by atoms with Crippen LogP contribution in [0.15, 0.2) is 18.2 Å². The average Bonchev–Trinajstić information content (AvgIpc) is 2.99. The second kappa shape index (κ2) is 8.29. The summed E-state index contributed by atoms with van der Waals surface area (Å²) in [7, 11) is 1.62. The molecule has 0 aromatic heterocycles. The van der Waals surface area contributed by atoms with Crippen molar-refractivity contribution in [2.75, 3.05) is 39.9 Å². The first-order valence-corrected chi connectivity index (χ1v) is 9.21. The van der Waals surface area contributed by atoms with E-state index in [-0.39, 0.29) is 17.9 Å². The van der Waals surface area contributed by atoms with Gasteiger partial charge in [0.2, 0.25) is 5.91 Å². The van der Waals surface area contributed by atoms with Crippen LogP contribution in [0.3, 0.4) is 0 Å². The number of likely N-dealkylation sites (tertiary alicyclic amines) is 1. The van der Waals surface area contributed by atoms with Gasteiger partial charge in [0.15, 0.2) is 11.5 Å². The normalized spacial score (nSPS) is 20.1. The molecule has 1 unspecified atom stereocenters. The molecule has 0 bridgehead atoms. The molecule has 26 heavy (non-hydrogen) atoms. The highest BCUT2D eigenvalue weighted by atomic mass is 16.5. The van der Waals surface area contributed by atoms with Crippen LogP contribution in [-0.4, -0.2) is 61.6 Å². The first kappa shape index (κ1) is 18.4. The van der Waals surface area contributed by atoms with Crippen LogP contribution in [-0.2, 0) is 11.3 Å². The number of para-hydroxylation sites is 1. The Labute approximate surface area is 154 Å². The van der Waals surface area contributed by atoms with Gasteiger partial charge in [-0.05, 0) is 19.4 Å². The van der Waals surface area contributed by atoms with E-state index in [0.29, 0.717) is 44.2 Å². The summed E-state index contributed by atoms with van der Waals surface area (Å²) >= 11 is 0. The van der Waals surface area contributed by atoms with Crippen LogP contribution in [0.2, 0.25) is 0 Å². The maximum absolute atomic E-state index is 12.7. The Balaban J connectivity index is 1.61. The van der Waals surface area contributed by atoms with E-state index in [1.807, 2.05) is 30.0 Å². The molecular formula is C19H27N3O4. The van der Waals surface area contributed by atoms with Gasteiger partial charge in [-0.2, -0.15) is 0 Å². The molecule has 7 heteroatoms. The number of benzene rings is 1. The molecule has 7 nitrogen and oxygen atoms in total. The van der Waals surface area contributed by atoms with Crippen molar-refractivity contribution in [3.8, 4) is 11.5 Å². The van der Waals surface area contributed by atoms with Gasteiger partial charge >= 0.3 is 6.03 Å². The fourth-order valence-electron chi connectivity index (χ4n) is 3.54. The Kier molecular flexibility index (Phi) is 5.85. The summed E-state index contributed by atoms with van der Waals surface area (Å²) in [6.45, 7) is 5.61. The van der Waals surface area contributed by atoms with Gasteiger partial charge in [0.1, 0.15) is 0 Å². The Morgan fingerprint density at radius 1 is 1.42 bits per heavy atom. The highest BCUT2D eigenvalue weighted by Crippen LogP contribution is 2.33. The molecule has 0 spiro atoms. The summed E-state index contributed by atoms with van der Waals surface area (Å²) < 4.78 is 11.2. The zero-order valence-electron chi connectivity index (χ0n) is 15.5. The summed E-state index contributed by atoms with van der Waals surface area (Å²) in [6.07, 6.45) is 1.28. The molecule has 142 valence electrons. The van der Waals surface area contributed by atoms with E-state index in [1.165, 1.54) is 0 Å². The number of hydrogen-bond donors (Lipinski definition) is 1. The summed E-state index contributed by atoms with van der Waals surface area (Å²) in [6, 6.07) is 5.63. The lowest BCUT2D eigenvalue weighted by molar-refractivity contribution is -0.127. The lowest BCUT2D eigenvalue weighted by Gasteiger charge is -2.28. The van der Waals surface area contributed by atoms with Crippen molar-refractivity contribution in [3.63, 3.8) is 0 Å². The number of carbonyl (C=O) groups excluding carboxylic acids is 2. The van der Waals surface area contributed by atoms with Gasteiger partial charge in [0.05, 0.1) is 20.3 Å². The molecule has 0 radical (unpaired) electrons. The molecule has 2 aliphatic heterocycles. The second-order valence-corrected chi connectivity index (χ2v) is 6.76. The van der Waals surface area contributed by atoms with Gasteiger partial charge in [-0.3, -0.25) is 4.79 Å². The largest absolute Gasteiger partial charge is 0.493 e. The Morgan fingerprint density at radius 3 is 3.00 bits per heavy atom. The minimum atomic E-state index is -0.0944. The zero-order valence-corrected chi connectivity index (χ0v) is 15.5. The molecule has 1 aromatic rings. The van der Waals surface area contributed by atoms with Crippen LogP contribution >= 0.6 is 0 Å². The molecule has 1 saturated heterocycles. The predicted octanol–water partition coefficient (Wildman–Crippen LogP) is 1.86. The molecule has 2 heterocycles. The summed E-state index contributed by atoms with van der Waals surface area (Å²) in [5.74, 6) is 1.77. The highest BCUT2D eigenvalue weighted by Gasteiger charge is 2.29. The fourth-order valence-corrected chi connectivity index (χ4v) is 3.54. The van der Waals surface area contributed by atoms with Gasteiger partial charge < -0.3 is 24.6 Å². The number of amides is 3. The van der Waals surface area contributed by atoms with Gasteiger partial charge in [0, 0.05) is 44.1 Å². The summed E-state index contributed by atoms with van der Waals surface area (Å²) in [5.41, 5.74) is 0.937. The smallest absolute Gasteiger partial charge is 0.317 e. The number of fused-ring (bicyclic) bond motifs is 1. The van der Waals surface area contributed by atoms with Crippen LogP contribution < -0.4 is 14.8 Å². The van der Waals surface area contributed by atoms with Gasteiger partial charge in [-0.1, -0.05) is 12.1 Å². The third-order valence-corrected chi connectivity index (χ3v) is 4.97. The molecule has 3 amide bonds. The SMILES string of the molecule is CCN1CC(CNC(=O)N2CCCOc3c(cccc3OC)C2)CC1=O. The quantitative estimate of drug-likeness (QED) is 0.889. The number of carbonyl (C=O) groups is 2. The standard InChI is InChI=1S/C19H27N3O4/c1-3-21-12-14(10-17(21)23)11-20-19(24)22-8-5-9-26-18-15(13-22)6-4-7-16(18)25-2/h4,6-7,14H,3,5,8-13H2,1-2H3,(H,20,24). The van der Waals surface area contributed by atoms with Crippen molar-refractivity contribution in [3.05, 3.63) is 23.8 Å². The number of ether oxygens (including phenoxy) is 2. The molecule has 1 aromatic carbocycles. The van der Waals surface area contributed by atoms with E-state index in [2.05, 4.69) is 5.32 Å². The number of hydrogen-bond acceptors (Lipinski definition) is 4. The minimum Gasteiger partial charge on any atom is -0.493 e. The Bertz CT molecular complexity index is 664. The van der Waals surface area contributed by atoms with E-state index < -0.39 is 0 Å². The van der Waals surface area contributed by atoms with E-state index in [4.69, 9.17) is 9.47 Å². The average molecular weight is 361 g/mol. The predicted molar refractivity (Wildman–Crippen MR) is 97.3 cm³/mol. The zero-order chi connectivity index (χ0) is 18.5. The van der Waals surface area contributed by atoms with Crippen LogP contribution in [0.4, 0.5) is 4.79 Å². The van der Waals surface area contributed by atoms with Gasteiger partial charge in [0.25, 0.3) is 0 Å². The van der Waals surface area contributed by atoms with Gasteiger partial charge in [-0.25, -0.2) is 4.79 Å². The van der Waals surface area contributed by atoms with Crippen LogP contribution in [0.5, 0.6) is 11.5 Å². The van der Waals surface area contributed by atoms with Crippen molar-refractivity contribution in [2.24, 2.45) is 5.92 Å². The van der Waals surface area contributed by atoms with E-state index >= 15 is 0 Å². The van der Waals surface area contributed by atoms with E-state index in [9.17, 15) is 9.59 Å². The van der Waals surface area contributed by atoms with E-state index in [0.717, 1.165) is 25.1 Å². The number of nitrogens with zero attached hydrogens (tertiary/aromatic N) is 2. The maximum Gasteiger partial charge on any atom is 0.317 e. The lowest BCUT2D eigenvalue weighted by Crippen LogP contribution is -2.43. The number of nitrogens with one attached hydrogen (secondary N) is 1. The molecular weight excluding hydrogens is 334 g/mol. The molecule has 1 fully saturated rings. The Hall–Kier alpha value is -2.44. The minimum absolute atomic E-state index is 0.0944. The van der Waals surface area contributed by atoms with Crippen molar-refractivity contribution in [1.82, 2.24) is 15.1 Å². The van der Waals surface area contributed by atoms with Gasteiger partial charge in [-0.15, -0.1) is 0 Å². The van der Waals surface area contributed by atoms with E-state index in [1.54, 1.807) is 12.0 Å². The first-order chi connectivity index (χ1) is 12.6. The molecule has 1 atom stereocenters. The molecule has 0 aliphatic carbocycles. The molecule has 3 rings (SSSR count). The third-order valence-electron chi connectivity index (χ3n) is 4.97. The second-order valence-electron chi connectivity index (χ2n) is 6.76. The summed E-state index contributed by atoms with van der Waals surface area (Å²) in [4.78, 5) is 28.1. The van der Waals surface area contributed by atoms with Crippen LogP contribution in [0.1, 0.15) is 25.3 Å². The van der Waals surface area contributed by atoms with Crippen molar-refractivity contribution < 1.29 is 19.1 Å². The Morgan fingerprint density at radius 2 is 2.27 bits per heavy atom. The monoisotopic (exact) mass is 361 g/mol. The number of methoxy groups -OCH3 is 1.